The molecule has 0 saturated heterocycles. The minimum atomic E-state index is -0.102. The zero-order valence-electron chi connectivity index (χ0n) is 12.1. The molecule has 1 aromatic heterocycles. The molecule has 110 valence electrons. The van der Waals surface area contributed by atoms with Crippen LogP contribution in [0.15, 0.2) is 47.2 Å². The van der Waals surface area contributed by atoms with Gasteiger partial charge in [-0.25, -0.2) is 4.79 Å². The summed E-state index contributed by atoms with van der Waals surface area (Å²) in [4.78, 5) is 17.8. The van der Waals surface area contributed by atoms with Crippen LogP contribution in [0.3, 0.4) is 0 Å². The lowest BCUT2D eigenvalue weighted by molar-refractivity contribution is 0.223. The number of aryl methyl sites for hydroxylation is 1. The van der Waals surface area contributed by atoms with E-state index in [1.807, 2.05) is 37.3 Å². The highest BCUT2D eigenvalue weighted by molar-refractivity contribution is 9.10. The third-order valence-electron chi connectivity index (χ3n) is 3.26. The summed E-state index contributed by atoms with van der Waals surface area (Å²) in [7, 11) is 1.80. The molecular weight excluding hydrogens is 330 g/mol. The van der Waals surface area contributed by atoms with Crippen molar-refractivity contribution >= 4 is 27.6 Å². The van der Waals surface area contributed by atoms with E-state index in [0.29, 0.717) is 6.54 Å². The van der Waals surface area contributed by atoms with E-state index < -0.39 is 0 Å². The van der Waals surface area contributed by atoms with Crippen molar-refractivity contribution in [2.75, 3.05) is 18.9 Å². The molecule has 0 fully saturated rings. The molecule has 0 bridgehead atoms. The number of carbonyl (C=O) groups excluding carboxylic acids is 1. The normalized spacial score (nSPS) is 10.2. The number of aromatic nitrogens is 1. The quantitative estimate of drug-likeness (QED) is 0.912. The average Bonchev–Trinajstić information content (AvgIpc) is 2.48. The molecule has 2 amide bonds. The summed E-state index contributed by atoms with van der Waals surface area (Å²) in [5.74, 6) is 0. The number of nitrogens with zero attached hydrogens (tertiary/aromatic N) is 2. The second-order valence-electron chi connectivity index (χ2n) is 4.92. The molecule has 2 rings (SSSR count). The van der Waals surface area contributed by atoms with Crippen molar-refractivity contribution in [1.29, 1.82) is 0 Å². The number of likely N-dealkylation sites (N-methyl/N-ethyl adjacent to an activating group) is 1. The smallest absolute Gasteiger partial charge is 0.321 e. The number of nitrogens with one attached hydrogen (secondary N) is 1. The molecule has 0 aliphatic heterocycles. The van der Waals surface area contributed by atoms with Gasteiger partial charge in [0.2, 0.25) is 0 Å². The predicted octanol–water partition coefficient (Wildman–Crippen LogP) is 3.86. The van der Waals surface area contributed by atoms with Crippen molar-refractivity contribution in [3.8, 4) is 0 Å². The van der Waals surface area contributed by atoms with Gasteiger partial charge in [-0.2, -0.15) is 0 Å². The summed E-state index contributed by atoms with van der Waals surface area (Å²) in [6.45, 7) is 2.63. The second kappa shape index (κ2) is 7.22. The summed E-state index contributed by atoms with van der Waals surface area (Å²) in [6.07, 6.45) is 4.34. The van der Waals surface area contributed by atoms with Crippen molar-refractivity contribution in [1.82, 2.24) is 9.88 Å². The molecule has 2 aromatic rings. The largest absolute Gasteiger partial charge is 0.327 e. The number of rotatable bonds is 4. The van der Waals surface area contributed by atoms with E-state index in [2.05, 4.69) is 26.2 Å². The third kappa shape index (κ3) is 4.56. The summed E-state index contributed by atoms with van der Waals surface area (Å²) in [5.41, 5.74) is 3.03. The Balaban J connectivity index is 1.90. The Morgan fingerprint density at radius 3 is 2.67 bits per heavy atom. The fourth-order valence-electron chi connectivity index (χ4n) is 1.93. The van der Waals surface area contributed by atoms with Gasteiger partial charge >= 0.3 is 6.03 Å². The SMILES string of the molecule is Cc1cc(Br)ccc1NC(=O)N(C)CCc1ccncc1. The third-order valence-corrected chi connectivity index (χ3v) is 3.76. The highest BCUT2D eigenvalue weighted by Gasteiger charge is 2.10. The van der Waals surface area contributed by atoms with Crippen molar-refractivity contribution in [3.63, 3.8) is 0 Å². The number of amides is 2. The molecule has 0 spiro atoms. The number of hydrogen-bond donors (Lipinski definition) is 1. The van der Waals surface area contributed by atoms with Gasteiger partial charge in [0.15, 0.2) is 0 Å². The predicted molar refractivity (Wildman–Crippen MR) is 88.5 cm³/mol. The van der Waals surface area contributed by atoms with E-state index in [1.165, 1.54) is 5.56 Å². The summed E-state index contributed by atoms with van der Waals surface area (Å²) in [6, 6.07) is 9.62. The van der Waals surface area contributed by atoms with E-state index in [-0.39, 0.29) is 6.03 Å². The fraction of sp³-hybridized carbons (Fsp3) is 0.250. The molecule has 1 heterocycles. The van der Waals surface area contributed by atoms with Crippen LogP contribution in [0.25, 0.3) is 0 Å². The molecule has 5 heteroatoms. The number of carbonyl (C=O) groups is 1. The van der Waals surface area contributed by atoms with E-state index in [4.69, 9.17) is 0 Å². The van der Waals surface area contributed by atoms with Crippen LogP contribution in [0.2, 0.25) is 0 Å². The Bertz CT molecular complexity index is 616. The minimum Gasteiger partial charge on any atom is -0.327 e. The molecular formula is C16H18BrN3O. The maximum absolute atomic E-state index is 12.2. The Labute approximate surface area is 133 Å². The molecule has 1 aromatic carbocycles. The fourth-order valence-corrected chi connectivity index (χ4v) is 2.40. The van der Waals surface area contributed by atoms with Crippen molar-refractivity contribution in [3.05, 3.63) is 58.3 Å². The van der Waals surface area contributed by atoms with Gasteiger partial charge in [-0.05, 0) is 54.8 Å². The maximum atomic E-state index is 12.2. The molecule has 4 nitrogen and oxygen atoms in total. The zero-order valence-corrected chi connectivity index (χ0v) is 13.7. The Morgan fingerprint density at radius 2 is 2.00 bits per heavy atom. The number of hydrogen-bond acceptors (Lipinski definition) is 2. The first-order valence-electron chi connectivity index (χ1n) is 6.73. The molecule has 0 radical (unpaired) electrons. The molecule has 0 aliphatic carbocycles. The Morgan fingerprint density at radius 1 is 1.29 bits per heavy atom. The van der Waals surface area contributed by atoms with Gasteiger partial charge in [0.1, 0.15) is 0 Å². The lowest BCUT2D eigenvalue weighted by atomic mass is 10.2. The number of benzene rings is 1. The van der Waals surface area contributed by atoms with Crippen LogP contribution in [-0.4, -0.2) is 29.5 Å². The molecule has 1 N–H and O–H groups in total. The van der Waals surface area contributed by atoms with Crippen molar-refractivity contribution in [2.24, 2.45) is 0 Å². The maximum Gasteiger partial charge on any atom is 0.321 e. The van der Waals surface area contributed by atoms with Crippen LogP contribution in [-0.2, 0) is 6.42 Å². The van der Waals surface area contributed by atoms with E-state index in [1.54, 1.807) is 24.3 Å². The van der Waals surface area contributed by atoms with Gasteiger partial charge in [-0.15, -0.1) is 0 Å². The van der Waals surface area contributed by atoms with Crippen LogP contribution in [0.1, 0.15) is 11.1 Å². The monoisotopic (exact) mass is 347 g/mol. The number of halogens is 1. The summed E-state index contributed by atoms with van der Waals surface area (Å²) in [5, 5.41) is 2.93. The first-order valence-corrected chi connectivity index (χ1v) is 7.53. The minimum absolute atomic E-state index is 0.102. The van der Waals surface area contributed by atoms with Crippen LogP contribution in [0.5, 0.6) is 0 Å². The van der Waals surface area contributed by atoms with Crippen LogP contribution in [0.4, 0.5) is 10.5 Å². The van der Waals surface area contributed by atoms with Crippen LogP contribution >= 0.6 is 15.9 Å². The number of pyridine rings is 1. The van der Waals surface area contributed by atoms with E-state index in [9.17, 15) is 4.79 Å². The topological polar surface area (TPSA) is 45.2 Å². The second-order valence-corrected chi connectivity index (χ2v) is 5.83. The van der Waals surface area contributed by atoms with E-state index in [0.717, 1.165) is 22.1 Å². The van der Waals surface area contributed by atoms with Crippen LogP contribution in [0, 0.1) is 6.92 Å². The lowest BCUT2D eigenvalue weighted by Crippen LogP contribution is -2.33. The average molecular weight is 348 g/mol. The Kier molecular flexibility index (Phi) is 5.33. The standard InChI is InChI=1S/C16H18BrN3O/c1-12-11-14(17)3-4-15(12)19-16(21)20(2)10-7-13-5-8-18-9-6-13/h3-6,8-9,11H,7,10H2,1-2H3,(H,19,21). The number of anilines is 1. The van der Waals surface area contributed by atoms with E-state index >= 15 is 0 Å². The van der Waals surface area contributed by atoms with Gasteiger partial charge in [-0.3, -0.25) is 4.98 Å². The molecule has 0 atom stereocenters. The summed E-state index contributed by atoms with van der Waals surface area (Å²) < 4.78 is 1.00. The van der Waals surface area contributed by atoms with Gasteiger partial charge < -0.3 is 10.2 Å². The lowest BCUT2D eigenvalue weighted by Gasteiger charge is -2.19. The molecule has 21 heavy (non-hydrogen) atoms. The highest BCUT2D eigenvalue weighted by atomic mass is 79.9. The van der Waals surface area contributed by atoms with Crippen LogP contribution < -0.4 is 5.32 Å². The molecule has 0 aliphatic rings. The summed E-state index contributed by atoms with van der Waals surface area (Å²) >= 11 is 3.41. The number of urea groups is 1. The first-order chi connectivity index (χ1) is 10.1. The van der Waals surface area contributed by atoms with Crippen molar-refractivity contribution in [2.45, 2.75) is 13.3 Å². The van der Waals surface area contributed by atoms with Gasteiger partial charge in [0, 0.05) is 36.1 Å². The zero-order chi connectivity index (χ0) is 15.2. The van der Waals surface area contributed by atoms with Gasteiger partial charge in [0.05, 0.1) is 0 Å². The first kappa shape index (κ1) is 15.5. The molecule has 0 saturated carbocycles. The Hall–Kier alpha value is -1.88. The van der Waals surface area contributed by atoms with Gasteiger partial charge in [-0.1, -0.05) is 15.9 Å². The van der Waals surface area contributed by atoms with Gasteiger partial charge in [0.25, 0.3) is 0 Å². The van der Waals surface area contributed by atoms with Crippen molar-refractivity contribution < 1.29 is 4.79 Å². The highest BCUT2D eigenvalue weighted by Crippen LogP contribution is 2.20. The molecule has 0 unspecified atom stereocenters.